The van der Waals surface area contributed by atoms with Gasteiger partial charge in [0.2, 0.25) is 5.95 Å². The zero-order valence-corrected chi connectivity index (χ0v) is 17.7. The number of ether oxygens (including phenoxy) is 2. The van der Waals surface area contributed by atoms with Crippen molar-refractivity contribution in [2.45, 2.75) is 65.0 Å². The first-order valence-corrected chi connectivity index (χ1v) is 10.2. The molecule has 3 rings (SSSR count). The molecule has 1 aliphatic carbocycles. The van der Waals surface area contributed by atoms with Crippen LogP contribution in [0, 0.1) is 5.92 Å². The molecule has 2 heterocycles. The number of esters is 1. The predicted octanol–water partition coefficient (Wildman–Crippen LogP) is 2.08. The highest BCUT2D eigenvalue weighted by Gasteiger charge is 2.32. The van der Waals surface area contributed by atoms with E-state index in [1.165, 1.54) is 5.56 Å². The molecule has 1 aromatic rings. The Labute approximate surface area is 167 Å². The average Bonchev–Trinajstić information content (AvgIpc) is 3.02. The first kappa shape index (κ1) is 20.8. The fraction of sp³-hybridized carbons (Fsp3) is 0.750. The summed E-state index contributed by atoms with van der Waals surface area (Å²) in [5.41, 5.74) is 7.78. The lowest BCUT2D eigenvalue weighted by molar-refractivity contribution is -0.155. The normalized spacial score (nSPS) is 22.1. The van der Waals surface area contributed by atoms with Gasteiger partial charge in [0.05, 0.1) is 24.9 Å². The van der Waals surface area contributed by atoms with Gasteiger partial charge in [0.1, 0.15) is 11.4 Å². The highest BCUT2D eigenvalue weighted by atomic mass is 16.6. The van der Waals surface area contributed by atoms with Crippen molar-refractivity contribution in [3.05, 3.63) is 11.3 Å². The van der Waals surface area contributed by atoms with Gasteiger partial charge in [-0.3, -0.25) is 10.2 Å². The first-order chi connectivity index (χ1) is 13.3. The molecular formula is C20H33N5O3. The van der Waals surface area contributed by atoms with Gasteiger partial charge in [0.15, 0.2) is 0 Å². The zero-order chi connectivity index (χ0) is 20.3. The number of aromatic nitrogens is 2. The summed E-state index contributed by atoms with van der Waals surface area (Å²) in [5.74, 6) is 1.84. The Bertz CT molecular complexity index is 704. The average molecular weight is 392 g/mol. The summed E-state index contributed by atoms with van der Waals surface area (Å²) in [6, 6.07) is 0.274. The van der Waals surface area contributed by atoms with Gasteiger partial charge in [-0.1, -0.05) is 0 Å². The maximum absolute atomic E-state index is 12.1. The van der Waals surface area contributed by atoms with Crippen molar-refractivity contribution in [2.24, 2.45) is 5.92 Å². The van der Waals surface area contributed by atoms with Crippen molar-refractivity contribution < 1.29 is 14.3 Å². The minimum absolute atomic E-state index is 0.130. The molecule has 2 aliphatic rings. The van der Waals surface area contributed by atoms with Crippen LogP contribution in [-0.2, 0) is 27.1 Å². The lowest BCUT2D eigenvalue weighted by atomic mass is 10.00. The second-order valence-corrected chi connectivity index (χ2v) is 8.69. The molecule has 1 aromatic heterocycles. The third-order valence-corrected chi connectivity index (χ3v) is 5.10. The number of nitrogens with zero attached hydrogens (tertiary/aromatic N) is 3. The summed E-state index contributed by atoms with van der Waals surface area (Å²) in [6.45, 7) is 10.1. The van der Waals surface area contributed by atoms with Gasteiger partial charge >= 0.3 is 5.97 Å². The third-order valence-electron chi connectivity index (χ3n) is 5.10. The number of morpholine rings is 1. The number of hydrazine groups is 1. The molecule has 0 saturated carbocycles. The molecule has 0 spiro atoms. The van der Waals surface area contributed by atoms with E-state index in [1.807, 2.05) is 20.8 Å². The van der Waals surface area contributed by atoms with Gasteiger partial charge in [0, 0.05) is 25.6 Å². The quantitative estimate of drug-likeness (QED) is 0.563. The summed E-state index contributed by atoms with van der Waals surface area (Å²) in [6.07, 6.45) is 3.01. The minimum Gasteiger partial charge on any atom is -0.460 e. The molecule has 8 heteroatoms. The van der Waals surface area contributed by atoms with Crippen molar-refractivity contribution in [1.29, 1.82) is 0 Å². The van der Waals surface area contributed by atoms with Crippen molar-refractivity contribution in [2.75, 3.05) is 37.1 Å². The Kier molecular flexibility index (Phi) is 6.40. The lowest BCUT2D eigenvalue weighted by Crippen LogP contribution is -2.44. The minimum atomic E-state index is -0.436. The SMILES string of the molecule is CNNc1nc2c(c(N3CCOC[C@H]3C)n1)CC(CCC(=O)OC(C)(C)C)C2. The Hall–Kier alpha value is -1.93. The monoisotopic (exact) mass is 391 g/mol. The van der Waals surface area contributed by atoms with Crippen molar-refractivity contribution in [3.8, 4) is 0 Å². The molecule has 1 saturated heterocycles. The number of hydrogen-bond acceptors (Lipinski definition) is 8. The van der Waals surface area contributed by atoms with E-state index < -0.39 is 5.60 Å². The van der Waals surface area contributed by atoms with Crippen LogP contribution in [0.2, 0.25) is 0 Å². The largest absolute Gasteiger partial charge is 0.460 e. The van der Waals surface area contributed by atoms with E-state index in [9.17, 15) is 4.79 Å². The Morgan fingerprint density at radius 2 is 2.11 bits per heavy atom. The fourth-order valence-corrected chi connectivity index (χ4v) is 3.90. The molecule has 1 aliphatic heterocycles. The summed E-state index contributed by atoms with van der Waals surface area (Å²) in [4.78, 5) is 23.9. The van der Waals surface area contributed by atoms with Gasteiger partial charge in [-0.2, -0.15) is 4.98 Å². The smallest absolute Gasteiger partial charge is 0.306 e. The van der Waals surface area contributed by atoms with Crippen LogP contribution < -0.4 is 15.8 Å². The molecular weight excluding hydrogens is 358 g/mol. The van der Waals surface area contributed by atoms with Crippen LogP contribution in [0.3, 0.4) is 0 Å². The highest BCUT2D eigenvalue weighted by molar-refractivity contribution is 5.69. The summed E-state index contributed by atoms with van der Waals surface area (Å²) in [7, 11) is 1.80. The number of carbonyl (C=O) groups is 1. The van der Waals surface area contributed by atoms with Crippen LogP contribution >= 0.6 is 0 Å². The van der Waals surface area contributed by atoms with E-state index in [0.29, 0.717) is 31.5 Å². The molecule has 1 unspecified atom stereocenters. The predicted molar refractivity (Wildman–Crippen MR) is 108 cm³/mol. The number of hydrogen-bond donors (Lipinski definition) is 2. The van der Waals surface area contributed by atoms with Gasteiger partial charge in [-0.05, 0) is 52.9 Å². The van der Waals surface area contributed by atoms with Crippen LogP contribution in [0.25, 0.3) is 0 Å². The Morgan fingerprint density at radius 1 is 1.32 bits per heavy atom. The van der Waals surface area contributed by atoms with Gasteiger partial charge in [-0.25, -0.2) is 10.4 Å². The maximum atomic E-state index is 12.1. The molecule has 2 atom stereocenters. The van der Waals surface area contributed by atoms with Crippen molar-refractivity contribution >= 4 is 17.7 Å². The molecule has 0 bridgehead atoms. The molecule has 1 fully saturated rings. The number of nitrogens with one attached hydrogen (secondary N) is 2. The Morgan fingerprint density at radius 3 is 2.79 bits per heavy atom. The van der Waals surface area contributed by atoms with Crippen LogP contribution in [0.4, 0.5) is 11.8 Å². The third kappa shape index (κ3) is 5.11. The summed E-state index contributed by atoms with van der Waals surface area (Å²) >= 11 is 0. The highest BCUT2D eigenvalue weighted by Crippen LogP contribution is 2.36. The topological polar surface area (TPSA) is 88.6 Å². The van der Waals surface area contributed by atoms with Gasteiger partial charge in [-0.15, -0.1) is 0 Å². The summed E-state index contributed by atoms with van der Waals surface area (Å²) < 4.78 is 11.0. The van der Waals surface area contributed by atoms with Gasteiger partial charge < -0.3 is 14.4 Å². The fourth-order valence-electron chi connectivity index (χ4n) is 3.90. The molecule has 28 heavy (non-hydrogen) atoms. The molecule has 8 nitrogen and oxygen atoms in total. The van der Waals surface area contributed by atoms with E-state index in [1.54, 1.807) is 7.05 Å². The Balaban J connectivity index is 1.73. The molecule has 156 valence electrons. The van der Waals surface area contributed by atoms with Crippen LogP contribution in [0.15, 0.2) is 0 Å². The van der Waals surface area contributed by atoms with Gasteiger partial charge in [0.25, 0.3) is 0 Å². The van der Waals surface area contributed by atoms with Crippen LogP contribution in [0.5, 0.6) is 0 Å². The van der Waals surface area contributed by atoms with E-state index >= 15 is 0 Å². The maximum Gasteiger partial charge on any atom is 0.306 e. The van der Waals surface area contributed by atoms with E-state index in [4.69, 9.17) is 19.4 Å². The number of fused-ring (bicyclic) bond motifs is 1. The van der Waals surface area contributed by atoms with Crippen LogP contribution in [-0.4, -0.2) is 54.4 Å². The second-order valence-electron chi connectivity index (χ2n) is 8.69. The standard InChI is InChI=1S/C20H33N5O3/c1-13-12-27-9-8-25(13)18-15-10-14(6-7-17(26)28-20(2,3)4)11-16(15)22-19(23-18)24-21-5/h13-14,21H,6-12H2,1-5H3,(H,22,23,24)/t13-,14?/m1/s1. The number of carbonyl (C=O) groups excluding carboxylic acids is 1. The number of rotatable bonds is 6. The van der Waals surface area contributed by atoms with E-state index in [-0.39, 0.29) is 12.0 Å². The summed E-state index contributed by atoms with van der Waals surface area (Å²) in [5, 5.41) is 0. The molecule has 0 amide bonds. The lowest BCUT2D eigenvalue weighted by Gasteiger charge is -2.35. The molecule has 0 aromatic carbocycles. The number of anilines is 2. The van der Waals surface area contributed by atoms with E-state index in [2.05, 4.69) is 22.7 Å². The molecule has 0 radical (unpaired) electrons. The van der Waals surface area contributed by atoms with Crippen molar-refractivity contribution in [1.82, 2.24) is 15.4 Å². The zero-order valence-electron chi connectivity index (χ0n) is 17.7. The molecule has 2 N–H and O–H groups in total. The second kappa shape index (κ2) is 8.61. The van der Waals surface area contributed by atoms with Crippen LogP contribution in [0.1, 0.15) is 51.8 Å². The van der Waals surface area contributed by atoms with Crippen molar-refractivity contribution in [3.63, 3.8) is 0 Å². The van der Waals surface area contributed by atoms with E-state index in [0.717, 1.165) is 37.3 Å². The first-order valence-electron chi connectivity index (χ1n) is 10.2.